The second-order valence-electron chi connectivity index (χ2n) is 3.88. The molecule has 0 aliphatic carbocycles. The minimum atomic E-state index is -0.0825. The Bertz CT molecular complexity index is 405. The summed E-state index contributed by atoms with van der Waals surface area (Å²) in [7, 11) is 0. The summed E-state index contributed by atoms with van der Waals surface area (Å²) in [6.45, 7) is 4.93. The van der Waals surface area contributed by atoms with Crippen molar-refractivity contribution in [2.45, 2.75) is 32.4 Å². The minimum Gasteiger partial charge on any atom is -0.487 e. The average Bonchev–Trinajstić information content (AvgIpc) is 2.39. The van der Waals surface area contributed by atoms with Crippen molar-refractivity contribution in [3.8, 4) is 5.75 Å². The molecule has 1 aliphatic heterocycles. The molecule has 1 aliphatic rings. The highest BCUT2D eigenvalue weighted by molar-refractivity contribution is 5.85. The van der Waals surface area contributed by atoms with Crippen LogP contribution in [0.1, 0.15) is 32.0 Å². The number of pyridine rings is 1. The fourth-order valence-electron chi connectivity index (χ4n) is 1.76. The first kappa shape index (κ1) is 13.1. The molecular formula is C11H17ClN2O2. The van der Waals surface area contributed by atoms with Crippen LogP contribution in [0.5, 0.6) is 5.75 Å². The number of rotatable bonds is 1. The number of aromatic nitrogens is 1. The van der Waals surface area contributed by atoms with E-state index >= 15 is 0 Å². The number of ether oxygens (including phenoxy) is 1. The van der Waals surface area contributed by atoms with E-state index in [9.17, 15) is 4.79 Å². The van der Waals surface area contributed by atoms with Crippen LogP contribution in [-0.2, 0) is 0 Å². The predicted octanol–water partition coefficient (Wildman–Crippen LogP) is 1.62. The van der Waals surface area contributed by atoms with E-state index in [1.807, 2.05) is 6.92 Å². The molecule has 16 heavy (non-hydrogen) atoms. The molecular weight excluding hydrogens is 228 g/mol. The average molecular weight is 245 g/mol. The van der Waals surface area contributed by atoms with Gasteiger partial charge in [-0.2, -0.15) is 0 Å². The Morgan fingerprint density at radius 3 is 2.94 bits per heavy atom. The third kappa shape index (κ3) is 2.57. The molecule has 0 unspecified atom stereocenters. The third-order valence-electron chi connectivity index (χ3n) is 2.74. The van der Waals surface area contributed by atoms with Gasteiger partial charge in [0.05, 0.1) is 5.69 Å². The lowest BCUT2D eigenvalue weighted by molar-refractivity contribution is 0.200. The number of hydrogen-bond acceptors (Lipinski definition) is 3. The van der Waals surface area contributed by atoms with Gasteiger partial charge in [0.25, 0.3) is 0 Å². The van der Waals surface area contributed by atoms with E-state index in [4.69, 9.17) is 4.74 Å². The molecule has 1 aromatic rings. The Morgan fingerprint density at radius 1 is 1.50 bits per heavy atom. The van der Waals surface area contributed by atoms with Crippen molar-refractivity contribution in [3.63, 3.8) is 0 Å². The van der Waals surface area contributed by atoms with Crippen molar-refractivity contribution in [2.75, 3.05) is 6.54 Å². The van der Waals surface area contributed by atoms with Gasteiger partial charge in [0.1, 0.15) is 11.9 Å². The maximum absolute atomic E-state index is 11.2. The number of nitrogens with one attached hydrogen (secondary N) is 2. The molecule has 2 N–H and O–H groups in total. The van der Waals surface area contributed by atoms with Gasteiger partial charge in [-0.1, -0.05) is 6.92 Å². The third-order valence-corrected chi connectivity index (χ3v) is 2.74. The van der Waals surface area contributed by atoms with Gasteiger partial charge in [-0.15, -0.1) is 12.4 Å². The lowest BCUT2D eigenvalue weighted by Gasteiger charge is -2.14. The van der Waals surface area contributed by atoms with E-state index in [0.29, 0.717) is 0 Å². The number of hydrogen-bond donors (Lipinski definition) is 2. The highest BCUT2D eigenvalue weighted by atomic mass is 35.5. The lowest BCUT2D eigenvalue weighted by atomic mass is 10.2. The molecule has 0 radical (unpaired) electrons. The van der Waals surface area contributed by atoms with Gasteiger partial charge >= 0.3 is 0 Å². The fraction of sp³-hybridized carbons (Fsp3) is 0.545. The highest BCUT2D eigenvalue weighted by Gasteiger charge is 2.20. The molecule has 4 nitrogen and oxygen atoms in total. The number of halogens is 1. The second kappa shape index (κ2) is 5.37. The van der Waals surface area contributed by atoms with E-state index in [0.717, 1.165) is 24.4 Å². The van der Waals surface area contributed by atoms with Crippen molar-refractivity contribution >= 4 is 12.4 Å². The van der Waals surface area contributed by atoms with Crippen molar-refractivity contribution < 1.29 is 4.74 Å². The van der Waals surface area contributed by atoms with Gasteiger partial charge in [0.15, 0.2) is 0 Å². The molecule has 1 aromatic heterocycles. The van der Waals surface area contributed by atoms with Crippen LogP contribution in [0.2, 0.25) is 0 Å². The monoisotopic (exact) mass is 244 g/mol. The fourth-order valence-corrected chi connectivity index (χ4v) is 1.76. The van der Waals surface area contributed by atoms with Crippen LogP contribution in [0.4, 0.5) is 0 Å². The molecule has 0 spiro atoms. The van der Waals surface area contributed by atoms with Crippen LogP contribution >= 0.6 is 12.4 Å². The summed E-state index contributed by atoms with van der Waals surface area (Å²) in [5.41, 5.74) is 0.763. The molecule has 2 atom stereocenters. The van der Waals surface area contributed by atoms with Gasteiger partial charge in [-0.3, -0.25) is 4.79 Å². The highest BCUT2D eigenvalue weighted by Crippen LogP contribution is 2.25. The summed E-state index contributed by atoms with van der Waals surface area (Å²) in [6.07, 6.45) is 1.14. The number of H-pyrrole nitrogens is 1. The quantitative estimate of drug-likeness (QED) is 0.789. The zero-order valence-corrected chi connectivity index (χ0v) is 10.3. The summed E-state index contributed by atoms with van der Waals surface area (Å²) in [5, 5.41) is 3.33. The van der Waals surface area contributed by atoms with Crippen LogP contribution in [0, 0.1) is 0 Å². The Kier molecular flexibility index (Phi) is 4.38. The van der Waals surface area contributed by atoms with Crippen LogP contribution in [-0.4, -0.2) is 17.6 Å². The van der Waals surface area contributed by atoms with Gasteiger partial charge in [0, 0.05) is 18.7 Å². The molecule has 5 heteroatoms. The largest absolute Gasteiger partial charge is 0.487 e. The van der Waals surface area contributed by atoms with Crippen LogP contribution in [0.25, 0.3) is 0 Å². The topological polar surface area (TPSA) is 54.1 Å². The molecule has 2 rings (SSSR count). The van der Waals surface area contributed by atoms with Crippen molar-refractivity contribution in [1.29, 1.82) is 0 Å². The first-order valence-electron chi connectivity index (χ1n) is 5.34. The Balaban J connectivity index is 0.00000128. The first-order chi connectivity index (χ1) is 7.20. The summed E-state index contributed by atoms with van der Waals surface area (Å²) in [4.78, 5) is 14.0. The van der Waals surface area contributed by atoms with E-state index in [-0.39, 0.29) is 30.1 Å². The summed E-state index contributed by atoms with van der Waals surface area (Å²) >= 11 is 0. The van der Waals surface area contributed by atoms with Crippen LogP contribution in [0.3, 0.4) is 0 Å². The minimum absolute atomic E-state index is 0. The Morgan fingerprint density at radius 2 is 2.25 bits per heavy atom. The molecule has 0 aromatic carbocycles. The van der Waals surface area contributed by atoms with Gasteiger partial charge in [-0.25, -0.2) is 0 Å². The standard InChI is InChI=1S/C11H16N2O2.ClH/c1-3-8-6-12-7(2)11-9(15-8)4-5-10(14)13-11;/h4-5,7-8,12H,3,6H2,1-2H3,(H,13,14);1H/t7-,8+;/m0./s1. The zero-order chi connectivity index (χ0) is 10.8. The zero-order valence-electron chi connectivity index (χ0n) is 9.45. The summed E-state index contributed by atoms with van der Waals surface area (Å²) in [6, 6.07) is 3.38. The molecule has 2 heterocycles. The summed E-state index contributed by atoms with van der Waals surface area (Å²) < 4.78 is 5.80. The number of aromatic amines is 1. The van der Waals surface area contributed by atoms with E-state index in [1.165, 1.54) is 6.07 Å². The van der Waals surface area contributed by atoms with Crippen molar-refractivity contribution in [2.24, 2.45) is 0 Å². The van der Waals surface area contributed by atoms with Gasteiger partial charge < -0.3 is 15.0 Å². The maximum Gasteiger partial charge on any atom is 0.248 e. The Labute approximate surface area is 101 Å². The molecule has 0 bridgehead atoms. The molecule has 0 saturated heterocycles. The smallest absolute Gasteiger partial charge is 0.248 e. The second-order valence-corrected chi connectivity index (χ2v) is 3.88. The predicted molar refractivity (Wildman–Crippen MR) is 65.4 cm³/mol. The van der Waals surface area contributed by atoms with E-state index < -0.39 is 0 Å². The summed E-state index contributed by atoms with van der Waals surface area (Å²) in [5.74, 6) is 0.791. The SMILES string of the molecule is CC[C@@H]1CN[C@@H](C)c2[nH]c(=O)ccc2O1.Cl. The van der Waals surface area contributed by atoms with Crippen LogP contribution in [0.15, 0.2) is 16.9 Å². The van der Waals surface area contributed by atoms with E-state index in [2.05, 4.69) is 17.2 Å². The first-order valence-corrected chi connectivity index (χ1v) is 5.34. The molecule has 0 fully saturated rings. The normalized spacial score (nSPS) is 23.6. The van der Waals surface area contributed by atoms with E-state index in [1.54, 1.807) is 6.07 Å². The molecule has 0 saturated carbocycles. The Hall–Kier alpha value is -1.000. The number of fused-ring (bicyclic) bond motifs is 1. The van der Waals surface area contributed by atoms with Crippen LogP contribution < -0.4 is 15.6 Å². The lowest BCUT2D eigenvalue weighted by Crippen LogP contribution is -2.29. The van der Waals surface area contributed by atoms with Gasteiger partial charge in [-0.05, 0) is 19.4 Å². The van der Waals surface area contributed by atoms with Crippen molar-refractivity contribution in [1.82, 2.24) is 10.3 Å². The van der Waals surface area contributed by atoms with Crippen molar-refractivity contribution in [3.05, 3.63) is 28.2 Å². The van der Waals surface area contributed by atoms with Gasteiger partial charge in [0.2, 0.25) is 5.56 Å². The maximum atomic E-state index is 11.2. The molecule has 0 amide bonds. The molecule has 90 valence electrons.